The monoisotopic (exact) mass is 416 g/mol. The molecule has 3 atom stereocenters. The Morgan fingerprint density at radius 1 is 1.21 bits per heavy atom. The molecule has 0 amide bonds. The number of aromatic nitrogens is 1. The second-order valence-electron chi connectivity index (χ2n) is 7.59. The number of esters is 1. The number of thioether (sulfide) groups is 1. The number of halogens is 1. The van der Waals surface area contributed by atoms with Crippen LogP contribution < -0.4 is 0 Å². The second-order valence-corrected chi connectivity index (χ2v) is 9.34. The molecule has 28 heavy (non-hydrogen) atoms. The quantitative estimate of drug-likeness (QED) is 0.619. The third-order valence-electron chi connectivity index (χ3n) is 5.86. The van der Waals surface area contributed by atoms with Crippen LogP contribution in [0.25, 0.3) is 11.1 Å². The highest BCUT2D eigenvalue weighted by molar-refractivity contribution is 8.00. The number of pyridine rings is 1. The minimum Gasteiger partial charge on any atom is -0.462 e. The zero-order valence-electron chi connectivity index (χ0n) is 16.2. The fourth-order valence-electron chi connectivity index (χ4n) is 4.34. The van der Waals surface area contributed by atoms with Crippen molar-refractivity contribution in [2.45, 2.75) is 54.8 Å². The van der Waals surface area contributed by atoms with Crippen molar-refractivity contribution >= 4 is 29.3 Å². The lowest BCUT2D eigenvalue weighted by molar-refractivity contribution is 0.0526. The van der Waals surface area contributed by atoms with Crippen LogP contribution in [-0.4, -0.2) is 46.8 Å². The van der Waals surface area contributed by atoms with E-state index in [4.69, 9.17) is 16.3 Å². The van der Waals surface area contributed by atoms with Gasteiger partial charge in [-0.05, 0) is 63.4 Å². The standard InChI is InChI=1S/C22H25ClN2O2S/c1-3-27-22(26)16-8-15(12-24-13-16)14-4-7-21(20(23)9-14)28-19-10-17-5-6-18(11-19)25(17)2/h4,7-9,12-13,17-19H,3,5-6,10-11H2,1-2H3/t17-,18+,19?. The van der Waals surface area contributed by atoms with Gasteiger partial charge in [0, 0.05) is 40.2 Å². The Morgan fingerprint density at radius 2 is 1.96 bits per heavy atom. The summed E-state index contributed by atoms with van der Waals surface area (Å²) in [7, 11) is 2.27. The highest BCUT2D eigenvalue weighted by Gasteiger charge is 2.38. The van der Waals surface area contributed by atoms with Gasteiger partial charge in [-0.25, -0.2) is 4.79 Å². The first-order valence-electron chi connectivity index (χ1n) is 9.86. The molecule has 1 aromatic heterocycles. The maximum atomic E-state index is 12.0. The minimum absolute atomic E-state index is 0.347. The molecule has 2 aliphatic heterocycles. The van der Waals surface area contributed by atoms with Crippen molar-refractivity contribution in [3.63, 3.8) is 0 Å². The molecule has 0 spiro atoms. The Kier molecular flexibility index (Phi) is 5.95. The zero-order valence-corrected chi connectivity index (χ0v) is 17.8. The first kappa shape index (κ1) is 19.7. The first-order valence-corrected chi connectivity index (χ1v) is 11.1. The average molecular weight is 417 g/mol. The molecule has 0 N–H and O–H groups in total. The predicted octanol–water partition coefficient (Wildman–Crippen LogP) is 5.30. The lowest BCUT2D eigenvalue weighted by Gasteiger charge is -2.36. The van der Waals surface area contributed by atoms with Crippen LogP contribution in [0.4, 0.5) is 0 Å². The Bertz CT molecular complexity index is 861. The van der Waals surface area contributed by atoms with Gasteiger partial charge in [-0.1, -0.05) is 17.7 Å². The van der Waals surface area contributed by atoms with E-state index >= 15 is 0 Å². The van der Waals surface area contributed by atoms with E-state index in [1.807, 2.05) is 17.8 Å². The van der Waals surface area contributed by atoms with E-state index in [2.05, 4.69) is 29.1 Å². The molecule has 148 valence electrons. The number of benzene rings is 1. The van der Waals surface area contributed by atoms with Crippen molar-refractivity contribution in [2.75, 3.05) is 13.7 Å². The van der Waals surface area contributed by atoms with Crippen molar-refractivity contribution in [3.05, 3.63) is 47.2 Å². The van der Waals surface area contributed by atoms with Crippen LogP contribution in [0.1, 0.15) is 43.0 Å². The molecule has 2 fully saturated rings. The summed E-state index contributed by atoms with van der Waals surface area (Å²) in [6.45, 7) is 2.14. The van der Waals surface area contributed by atoms with Crippen molar-refractivity contribution < 1.29 is 9.53 Å². The smallest absolute Gasteiger partial charge is 0.339 e. The fraction of sp³-hybridized carbons (Fsp3) is 0.455. The summed E-state index contributed by atoms with van der Waals surface area (Å²) in [6, 6.07) is 9.39. The van der Waals surface area contributed by atoms with Crippen LogP contribution in [0.5, 0.6) is 0 Å². The van der Waals surface area contributed by atoms with Crippen LogP contribution in [-0.2, 0) is 4.74 Å². The molecule has 6 heteroatoms. The third-order valence-corrected chi connectivity index (χ3v) is 7.62. The van der Waals surface area contributed by atoms with Gasteiger partial charge in [0.25, 0.3) is 0 Å². The SMILES string of the molecule is CCOC(=O)c1cncc(-c2ccc(SC3C[C@H]4CC[C@@H](C3)N4C)c(Cl)c2)c1. The average Bonchev–Trinajstić information content (AvgIpc) is 2.91. The maximum absolute atomic E-state index is 12.0. The number of piperidine rings is 1. The zero-order chi connectivity index (χ0) is 19.7. The predicted molar refractivity (Wildman–Crippen MR) is 114 cm³/mol. The van der Waals surface area contributed by atoms with Crippen molar-refractivity contribution in [1.29, 1.82) is 0 Å². The van der Waals surface area contributed by atoms with E-state index in [0.29, 0.717) is 17.4 Å². The number of fused-ring (bicyclic) bond motifs is 2. The summed E-state index contributed by atoms with van der Waals surface area (Å²) in [4.78, 5) is 19.8. The molecule has 3 heterocycles. The molecule has 0 radical (unpaired) electrons. The van der Waals surface area contributed by atoms with E-state index in [1.165, 1.54) is 31.9 Å². The molecule has 2 bridgehead atoms. The van der Waals surface area contributed by atoms with Gasteiger partial charge < -0.3 is 9.64 Å². The van der Waals surface area contributed by atoms with E-state index in [1.54, 1.807) is 19.2 Å². The number of nitrogens with zero attached hydrogens (tertiary/aromatic N) is 2. The Balaban J connectivity index is 1.49. The van der Waals surface area contributed by atoms with E-state index in [9.17, 15) is 4.79 Å². The van der Waals surface area contributed by atoms with Gasteiger partial charge in [0.1, 0.15) is 0 Å². The van der Waals surface area contributed by atoms with E-state index < -0.39 is 0 Å². The molecule has 2 aromatic rings. The number of carbonyl (C=O) groups is 1. The van der Waals surface area contributed by atoms with Crippen molar-refractivity contribution in [3.8, 4) is 11.1 Å². The topological polar surface area (TPSA) is 42.4 Å². The highest BCUT2D eigenvalue weighted by atomic mass is 35.5. The van der Waals surface area contributed by atoms with Crippen molar-refractivity contribution in [1.82, 2.24) is 9.88 Å². The maximum Gasteiger partial charge on any atom is 0.339 e. The van der Waals surface area contributed by atoms with Gasteiger partial charge in [0.15, 0.2) is 0 Å². The normalized spacial score (nSPS) is 24.3. The summed E-state index contributed by atoms with van der Waals surface area (Å²) in [5, 5.41) is 1.39. The molecule has 0 saturated carbocycles. The third kappa shape index (κ3) is 4.07. The molecule has 4 rings (SSSR count). The molecule has 2 aliphatic rings. The fourth-order valence-corrected chi connectivity index (χ4v) is 5.97. The second kappa shape index (κ2) is 8.44. The van der Waals surface area contributed by atoms with E-state index in [-0.39, 0.29) is 5.97 Å². The first-order chi connectivity index (χ1) is 13.5. The largest absolute Gasteiger partial charge is 0.462 e. The summed E-state index contributed by atoms with van der Waals surface area (Å²) >= 11 is 8.54. The van der Waals surface area contributed by atoms with Gasteiger partial charge in [-0.3, -0.25) is 4.98 Å². The number of carbonyl (C=O) groups excluding carboxylic acids is 1. The molecular weight excluding hydrogens is 392 g/mol. The number of ether oxygens (including phenoxy) is 1. The van der Waals surface area contributed by atoms with Crippen LogP contribution in [0.2, 0.25) is 5.02 Å². The Labute approximate surface area is 175 Å². The summed E-state index contributed by atoms with van der Waals surface area (Å²) in [6.07, 6.45) is 8.41. The lowest BCUT2D eigenvalue weighted by Crippen LogP contribution is -2.40. The summed E-state index contributed by atoms with van der Waals surface area (Å²) in [5.41, 5.74) is 2.27. The Hall–Kier alpha value is -1.56. The molecule has 1 aromatic carbocycles. The van der Waals surface area contributed by atoms with Gasteiger partial charge >= 0.3 is 5.97 Å². The number of rotatable bonds is 5. The number of hydrogen-bond donors (Lipinski definition) is 0. The molecule has 2 saturated heterocycles. The van der Waals surface area contributed by atoms with Gasteiger partial charge in [-0.15, -0.1) is 11.8 Å². The molecule has 0 aliphatic carbocycles. The van der Waals surface area contributed by atoms with Gasteiger partial charge in [0.05, 0.1) is 17.2 Å². The summed E-state index contributed by atoms with van der Waals surface area (Å²) < 4.78 is 5.06. The lowest BCUT2D eigenvalue weighted by atomic mass is 10.0. The van der Waals surface area contributed by atoms with Crippen LogP contribution in [0.3, 0.4) is 0 Å². The van der Waals surface area contributed by atoms with Crippen LogP contribution in [0, 0.1) is 0 Å². The number of hydrogen-bond acceptors (Lipinski definition) is 5. The molecule has 4 nitrogen and oxygen atoms in total. The van der Waals surface area contributed by atoms with Gasteiger partial charge in [-0.2, -0.15) is 0 Å². The van der Waals surface area contributed by atoms with Gasteiger partial charge in [0.2, 0.25) is 0 Å². The van der Waals surface area contributed by atoms with Crippen LogP contribution in [0.15, 0.2) is 41.6 Å². The van der Waals surface area contributed by atoms with Crippen LogP contribution >= 0.6 is 23.4 Å². The summed E-state index contributed by atoms with van der Waals surface area (Å²) in [5.74, 6) is -0.355. The van der Waals surface area contributed by atoms with Crippen molar-refractivity contribution in [2.24, 2.45) is 0 Å². The minimum atomic E-state index is -0.355. The van der Waals surface area contributed by atoms with E-state index in [0.717, 1.165) is 33.1 Å². The highest BCUT2D eigenvalue weighted by Crippen LogP contribution is 2.43. The molecular formula is C22H25ClN2O2S. The Morgan fingerprint density at radius 3 is 2.64 bits per heavy atom. The molecule has 1 unspecified atom stereocenters.